The third kappa shape index (κ3) is 5.21. The van der Waals surface area contributed by atoms with Gasteiger partial charge in [0.25, 0.3) is 11.3 Å². The highest BCUT2D eigenvalue weighted by molar-refractivity contribution is 6.01. The van der Waals surface area contributed by atoms with Crippen LogP contribution in [0.5, 0.6) is 0 Å². The number of ketones is 1. The lowest BCUT2D eigenvalue weighted by Gasteiger charge is -2.43. The van der Waals surface area contributed by atoms with Gasteiger partial charge in [0.15, 0.2) is 11.6 Å². The number of hydrogen-bond donors (Lipinski definition) is 0. The second kappa shape index (κ2) is 10.7. The van der Waals surface area contributed by atoms with Crippen molar-refractivity contribution in [1.29, 1.82) is 0 Å². The van der Waals surface area contributed by atoms with E-state index in [0.29, 0.717) is 17.2 Å². The molecule has 0 bridgehead atoms. The third-order valence-corrected chi connectivity index (χ3v) is 8.47. The van der Waals surface area contributed by atoms with E-state index in [-0.39, 0.29) is 42.9 Å². The molecule has 0 radical (unpaired) electrons. The average molecular weight is 550 g/mol. The summed E-state index contributed by atoms with van der Waals surface area (Å²) in [4.78, 5) is 38.8. The zero-order chi connectivity index (χ0) is 28.7. The number of esters is 1. The van der Waals surface area contributed by atoms with E-state index >= 15 is 0 Å². The Kier molecular flexibility index (Phi) is 7.42. The number of ether oxygens (including phenoxy) is 1. The highest BCUT2D eigenvalue weighted by atomic mass is 19.1. The minimum absolute atomic E-state index is 0.00125. The number of fused-ring (bicyclic) bond motifs is 1. The average Bonchev–Trinajstić information content (AvgIpc) is 3.59. The number of halogens is 2. The van der Waals surface area contributed by atoms with Gasteiger partial charge < -0.3 is 9.58 Å². The first-order chi connectivity index (χ1) is 19.0. The van der Waals surface area contributed by atoms with Crippen LogP contribution in [-0.2, 0) is 39.1 Å². The third-order valence-electron chi connectivity index (χ3n) is 8.47. The molecule has 40 heavy (non-hydrogen) atoms. The Morgan fingerprint density at radius 1 is 1.18 bits per heavy atom. The Bertz CT molecular complexity index is 1460. The van der Waals surface area contributed by atoms with Crippen LogP contribution in [0.15, 0.2) is 24.5 Å². The van der Waals surface area contributed by atoms with Crippen molar-refractivity contribution in [2.75, 3.05) is 0 Å². The Morgan fingerprint density at radius 2 is 1.88 bits per heavy atom. The van der Waals surface area contributed by atoms with E-state index in [1.165, 1.54) is 26.0 Å². The molecule has 3 heterocycles. The summed E-state index contributed by atoms with van der Waals surface area (Å²) < 4.78 is 37.5. The topological polar surface area (TPSA) is 90.8 Å². The molecule has 0 spiro atoms. The molecule has 2 aromatic heterocycles. The molecule has 210 valence electrons. The van der Waals surface area contributed by atoms with Gasteiger partial charge in [-0.2, -0.15) is 4.98 Å². The number of nitrogens with zero attached hydrogens (tertiary/aromatic N) is 5. The number of carbonyl (C=O) groups is 2. The van der Waals surface area contributed by atoms with Gasteiger partial charge in [-0.25, -0.2) is 24.9 Å². The lowest BCUT2D eigenvalue weighted by molar-refractivity contribution is -0.185. The zero-order valence-corrected chi connectivity index (χ0v) is 23.0. The molecule has 10 heteroatoms. The fourth-order valence-electron chi connectivity index (χ4n) is 6.16. The minimum Gasteiger partial charge on any atom is -0.458 e. The molecule has 2 atom stereocenters. The highest BCUT2D eigenvalue weighted by Crippen LogP contribution is 2.45. The van der Waals surface area contributed by atoms with Crippen LogP contribution in [0.25, 0.3) is 10.6 Å². The van der Waals surface area contributed by atoms with Crippen molar-refractivity contribution in [3.63, 3.8) is 0 Å². The van der Waals surface area contributed by atoms with Gasteiger partial charge in [0.2, 0.25) is 0 Å². The van der Waals surface area contributed by atoms with Crippen molar-refractivity contribution in [2.24, 2.45) is 11.8 Å². The van der Waals surface area contributed by atoms with E-state index in [1.807, 2.05) is 13.1 Å². The molecular formula is C30H33F2N5O3. The van der Waals surface area contributed by atoms with Crippen LogP contribution in [0, 0.1) is 30.0 Å². The van der Waals surface area contributed by atoms with Crippen LogP contribution in [0.4, 0.5) is 8.78 Å². The van der Waals surface area contributed by atoms with Crippen LogP contribution in [0.1, 0.15) is 81.8 Å². The summed E-state index contributed by atoms with van der Waals surface area (Å²) >= 11 is 0. The van der Waals surface area contributed by atoms with Crippen LogP contribution in [0.2, 0.25) is 0 Å². The largest absolute Gasteiger partial charge is 0.458 e. The van der Waals surface area contributed by atoms with Crippen LogP contribution in [-0.4, -0.2) is 36.9 Å². The minimum atomic E-state index is -1.33. The molecule has 8 nitrogen and oxygen atoms in total. The maximum Gasteiger partial charge on any atom is 0.317 e. The van der Waals surface area contributed by atoms with Gasteiger partial charge in [0, 0.05) is 39.1 Å². The maximum absolute atomic E-state index is 14.9. The first-order valence-corrected chi connectivity index (χ1v) is 13.9. The number of benzene rings is 1. The molecule has 2 fully saturated rings. The van der Waals surface area contributed by atoms with E-state index in [9.17, 15) is 18.4 Å². The molecule has 1 aliphatic carbocycles. The molecule has 1 saturated carbocycles. The molecule has 2 aliphatic rings. The molecule has 1 aliphatic heterocycles. The zero-order valence-electron chi connectivity index (χ0n) is 23.0. The van der Waals surface area contributed by atoms with Crippen LogP contribution in [0.3, 0.4) is 0 Å². The standard InChI is InChI=1S/C30H33F2N5O3/c1-5-18-16-34-28-35-25(36-37(28)17-18)14-21-24(38)15-30(40-27(21)39,20-8-6-7-9-20)11-10-19-12-22(31)26(23(32)13-19)29(2,3)33-4/h12-13,16-17,20-21H,5-11,14-15H2,1-3H3. The predicted molar refractivity (Wildman–Crippen MR) is 142 cm³/mol. The van der Waals surface area contributed by atoms with Crippen molar-refractivity contribution in [3.8, 4) is 0 Å². The van der Waals surface area contributed by atoms with E-state index in [1.54, 1.807) is 10.7 Å². The van der Waals surface area contributed by atoms with Crippen molar-refractivity contribution >= 4 is 17.5 Å². The normalized spacial score (nSPS) is 22.1. The lowest BCUT2D eigenvalue weighted by Crippen LogP contribution is -2.52. The second-order valence-corrected chi connectivity index (χ2v) is 11.6. The van der Waals surface area contributed by atoms with Gasteiger partial charge in [0.1, 0.15) is 28.7 Å². The van der Waals surface area contributed by atoms with Gasteiger partial charge in [-0.1, -0.05) is 19.8 Å². The number of hydrogen-bond acceptors (Lipinski definition) is 6. The number of rotatable bonds is 8. The number of cyclic esters (lactones) is 1. The summed E-state index contributed by atoms with van der Waals surface area (Å²) in [6.07, 6.45) is 8.52. The van der Waals surface area contributed by atoms with E-state index in [0.717, 1.165) is 37.7 Å². The highest BCUT2D eigenvalue weighted by Gasteiger charge is 2.51. The van der Waals surface area contributed by atoms with Crippen molar-refractivity contribution in [3.05, 3.63) is 70.1 Å². The van der Waals surface area contributed by atoms with Gasteiger partial charge in [-0.3, -0.25) is 9.59 Å². The van der Waals surface area contributed by atoms with E-state index in [4.69, 9.17) is 11.3 Å². The van der Waals surface area contributed by atoms with Crippen LogP contribution < -0.4 is 0 Å². The summed E-state index contributed by atoms with van der Waals surface area (Å²) in [7, 11) is 0. The van der Waals surface area contributed by atoms with Gasteiger partial charge in [-0.15, -0.1) is 5.10 Å². The Hall–Kier alpha value is -3.74. The molecule has 1 aromatic carbocycles. The van der Waals surface area contributed by atoms with Gasteiger partial charge in [0.05, 0.1) is 0 Å². The van der Waals surface area contributed by atoms with Crippen molar-refractivity contribution in [1.82, 2.24) is 19.6 Å². The lowest BCUT2D eigenvalue weighted by atomic mass is 9.73. The Labute approximate surface area is 232 Å². The Morgan fingerprint density at radius 3 is 2.50 bits per heavy atom. The SMILES string of the molecule is [C-]#[N+]C(C)(C)c1c(F)cc(CCC2(C3CCCC3)CC(=O)C(Cc3nc4ncc(CC)cn4n3)C(=O)O2)cc1F. The number of carbonyl (C=O) groups excluding carboxylic acids is 2. The molecule has 0 N–H and O–H groups in total. The van der Waals surface area contributed by atoms with Gasteiger partial charge >= 0.3 is 5.97 Å². The molecule has 3 aromatic rings. The summed E-state index contributed by atoms with van der Waals surface area (Å²) in [5, 5.41) is 4.41. The Balaban J connectivity index is 1.35. The molecule has 2 unspecified atom stereocenters. The predicted octanol–water partition coefficient (Wildman–Crippen LogP) is 5.36. The van der Waals surface area contributed by atoms with Crippen molar-refractivity contribution in [2.45, 2.75) is 89.7 Å². The fourth-order valence-corrected chi connectivity index (χ4v) is 6.16. The van der Waals surface area contributed by atoms with E-state index in [2.05, 4.69) is 19.9 Å². The van der Waals surface area contributed by atoms with Crippen molar-refractivity contribution < 1.29 is 23.1 Å². The number of Topliss-reactive ketones (excluding diaryl/α,β-unsaturated/α-hetero) is 1. The number of aryl methyl sites for hydroxylation is 2. The monoisotopic (exact) mass is 549 g/mol. The summed E-state index contributed by atoms with van der Waals surface area (Å²) in [5.74, 6) is -2.64. The van der Waals surface area contributed by atoms with Gasteiger partial charge in [-0.05, 0) is 61.3 Å². The van der Waals surface area contributed by atoms with Crippen LogP contribution >= 0.6 is 0 Å². The smallest absolute Gasteiger partial charge is 0.317 e. The summed E-state index contributed by atoms with van der Waals surface area (Å²) in [6, 6.07) is 2.49. The maximum atomic E-state index is 14.9. The summed E-state index contributed by atoms with van der Waals surface area (Å²) in [5.41, 5.74) is -1.23. The quantitative estimate of drug-likeness (QED) is 0.214. The first kappa shape index (κ1) is 27.8. The molecule has 1 saturated heterocycles. The molecule has 0 amide bonds. The fraction of sp³-hybridized carbons (Fsp3) is 0.533. The molecule has 5 rings (SSSR count). The van der Waals surface area contributed by atoms with E-state index < -0.39 is 34.7 Å². The summed E-state index contributed by atoms with van der Waals surface area (Å²) in [6.45, 7) is 12.2. The number of aromatic nitrogens is 4. The first-order valence-electron chi connectivity index (χ1n) is 13.9. The second-order valence-electron chi connectivity index (χ2n) is 11.6. The molecular weight excluding hydrogens is 516 g/mol.